The number of rotatable bonds is 4. The second-order valence-corrected chi connectivity index (χ2v) is 4.29. The average molecular weight is 196 g/mol. The number of aromatic nitrogens is 1. The molecule has 1 aromatic heterocycles. The highest BCUT2D eigenvalue weighted by atomic mass is 32.2. The minimum Gasteiger partial charge on any atom is -0.274 e. The molecule has 0 spiro atoms. The molecule has 0 fully saturated rings. The van der Waals surface area contributed by atoms with Gasteiger partial charge in [-0.3, -0.25) is 10.1 Å². The van der Waals surface area contributed by atoms with Crippen LogP contribution in [0.3, 0.4) is 0 Å². The molecule has 0 aromatic carbocycles. The minimum atomic E-state index is 0.745. The van der Waals surface area contributed by atoms with Gasteiger partial charge in [-0.2, -0.15) is 0 Å². The Kier molecular flexibility index (Phi) is 4.25. The standard InChI is InChI=1S/C10H16N2S/c1-8(2)3-4-9-5-10(13-11)7-12-6-9/h5-8H,3-4,11H2,1-2H3. The van der Waals surface area contributed by atoms with Gasteiger partial charge in [-0.15, -0.1) is 0 Å². The van der Waals surface area contributed by atoms with Crippen molar-refractivity contribution in [3.63, 3.8) is 0 Å². The molecule has 0 radical (unpaired) electrons. The molecule has 0 unspecified atom stereocenters. The third-order valence-corrected chi connectivity index (χ3v) is 2.41. The molecule has 0 amide bonds. The summed E-state index contributed by atoms with van der Waals surface area (Å²) in [6.45, 7) is 4.46. The van der Waals surface area contributed by atoms with E-state index < -0.39 is 0 Å². The average Bonchev–Trinajstić information content (AvgIpc) is 2.15. The van der Waals surface area contributed by atoms with E-state index in [4.69, 9.17) is 5.14 Å². The first kappa shape index (κ1) is 10.5. The molecular weight excluding hydrogens is 180 g/mol. The number of hydrogen-bond acceptors (Lipinski definition) is 3. The minimum absolute atomic E-state index is 0.745. The fourth-order valence-corrected chi connectivity index (χ4v) is 1.46. The Morgan fingerprint density at radius 2 is 2.23 bits per heavy atom. The first-order valence-corrected chi connectivity index (χ1v) is 5.41. The Bertz CT molecular complexity index is 261. The molecule has 0 aliphatic heterocycles. The van der Waals surface area contributed by atoms with E-state index in [9.17, 15) is 0 Å². The van der Waals surface area contributed by atoms with Gasteiger partial charge in [-0.25, -0.2) is 0 Å². The zero-order valence-electron chi connectivity index (χ0n) is 8.16. The van der Waals surface area contributed by atoms with E-state index in [1.807, 2.05) is 6.20 Å². The number of hydrogen-bond donors (Lipinski definition) is 1. The van der Waals surface area contributed by atoms with Gasteiger partial charge in [-0.05, 0) is 42.3 Å². The fourth-order valence-electron chi connectivity index (χ4n) is 1.12. The SMILES string of the molecule is CC(C)CCc1cncc(SN)c1. The van der Waals surface area contributed by atoms with Crippen molar-refractivity contribution < 1.29 is 0 Å². The quantitative estimate of drug-likeness (QED) is 0.752. The van der Waals surface area contributed by atoms with Crippen molar-refractivity contribution in [1.82, 2.24) is 4.98 Å². The van der Waals surface area contributed by atoms with E-state index >= 15 is 0 Å². The lowest BCUT2D eigenvalue weighted by atomic mass is 10.0. The number of aryl methyl sites for hydroxylation is 1. The Morgan fingerprint density at radius 3 is 2.85 bits per heavy atom. The smallest absolute Gasteiger partial charge is 0.0417 e. The molecule has 1 heterocycles. The molecule has 0 saturated carbocycles. The summed E-state index contributed by atoms with van der Waals surface area (Å²) in [5, 5.41) is 5.45. The van der Waals surface area contributed by atoms with Gasteiger partial charge in [0.25, 0.3) is 0 Å². The molecule has 2 nitrogen and oxygen atoms in total. The van der Waals surface area contributed by atoms with Gasteiger partial charge in [0.1, 0.15) is 0 Å². The largest absolute Gasteiger partial charge is 0.274 e. The van der Waals surface area contributed by atoms with E-state index in [0.29, 0.717) is 0 Å². The van der Waals surface area contributed by atoms with Crippen molar-refractivity contribution in [1.29, 1.82) is 0 Å². The summed E-state index contributed by atoms with van der Waals surface area (Å²) in [7, 11) is 0. The van der Waals surface area contributed by atoms with Crippen molar-refractivity contribution >= 4 is 11.9 Å². The summed E-state index contributed by atoms with van der Waals surface area (Å²) in [6, 6.07) is 2.11. The maximum absolute atomic E-state index is 5.45. The number of pyridine rings is 1. The first-order chi connectivity index (χ1) is 6.22. The second-order valence-electron chi connectivity index (χ2n) is 3.58. The molecule has 3 heteroatoms. The van der Waals surface area contributed by atoms with Crippen LogP contribution in [0.4, 0.5) is 0 Å². The maximum Gasteiger partial charge on any atom is 0.0417 e. The van der Waals surface area contributed by atoms with Gasteiger partial charge in [0.05, 0.1) is 0 Å². The second kappa shape index (κ2) is 5.25. The summed E-state index contributed by atoms with van der Waals surface area (Å²) in [4.78, 5) is 5.18. The van der Waals surface area contributed by atoms with Crippen LogP contribution in [-0.2, 0) is 6.42 Å². The highest BCUT2D eigenvalue weighted by Gasteiger charge is 1.98. The molecule has 13 heavy (non-hydrogen) atoms. The van der Waals surface area contributed by atoms with Crippen molar-refractivity contribution in [3.05, 3.63) is 24.0 Å². The predicted octanol–water partition coefficient (Wildman–Crippen LogP) is 2.64. The van der Waals surface area contributed by atoms with Crippen molar-refractivity contribution in [2.24, 2.45) is 11.1 Å². The highest BCUT2D eigenvalue weighted by molar-refractivity contribution is 7.97. The van der Waals surface area contributed by atoms with Gasteiger partial charge in [-0.1, -0.05) is 13.8 Å². The number of nitrogens with two attached hydrogens (primary N) is 1. The third-order valence-electron chi connectivity index (χ3n) is 1.92. The molecule has 0 aliphatic carbocycles. The molecule has 0 aliphatic rings. The Hall–Kier alpha value is -0.540. The lowest BCUT2D eigenvalue weighted by molar-refractivity contribution is 0.585. The zero-order valence-corrected chi connectivity index (χ0v) is 8.97. The Morgan fingerprint density at radius 1 is 1.46 bits per heavy atom. The Balaban J connectivity index is 2.56. The summed E-state index contributed by atoms with van der Waals surface area (Å²) >= 11 is 1.25. The first-order valence-electron chi connectivity index (χ1n) is 4.53. The van der Waals surface area contributed by atoms with Crippen LogP contribution in [0.15, 0.2) is 23.4 Å². The molecule has 0 bridgehead atoms. The third kappa shape index (κ3) is 3.79. The van der Waals surface area contributed by atoms with Crippen LogP contribution in [0.25, 0.3) is 0 Å². The molecule has 0 atom stereocenters. The highest BCUT2D eigenvalue weighted by Crippen LogP contribution is 2.14. The van der Waals surface area contributed by atoms with Gasteiger partial charge < -0.3 is 0 Å². The number of nitrogens with zero attached hydrogens (tertiary/aromatic N) is 1. The Labute approximate surface area is 84.1 Å². The predicted molar refractivity (Wildman–Crippen MR) is 57.4 cm³/mol. The van der Waals surface area contributed by atoms with Gasteiger partial charge in [0, 0.05) is 17.3 Å². The normalized spacial score (nSPS) is 10.8. The van der Waals surface area contributed by atoms with Crippen LogP contribution in [0.1, 0.15) is 25.8 Å². The van der Waals surface area contributed by atoms with E-state index in [1.165, 1.54) is 23.9 Å². The van der Waals surface area contributed by atoms with Crippen molar-refractivity contribution in [3.8, 4) is 0 Å². The van der Waals surface area contributed by atoms with Crippen LogP contribution in [0.2, 0.25) is 0 Å². The van der Waals surface area contributed by atoms with Crippen LogP contribution >= 0.6 is 11.9 Å². The summed E-state index contributed by atoms with van der Waals surface area (Å²) in [6.07, 6.45) is 6.02. The van der Waals surface area contributed by atoms with E-state index in [-0.39, 0.29) is 0 Å². The summed E-state index contributed by atoms with van der Waals surface area (Å²) in [5.74, 6) is 0.745. The van der Waals surface area contributed by atoms with Crippen molar-refractivity contribution in [2.45, 2.75) is 31.6 Å². The topological polar surface area (TPSA) is 38.9 Å². The molecule has 2 N–H and O–H groups in total. The summed E-state index contributed by atoms with van der Waals surface area (Å²) in [5.41, 5.74) is 1.28. The van der Waals surface area contributed by atoms with Gasteiger partial charge in [0.15, 0.2) is 0 Å². The molecule has 72 valence electrons. The van der Waals surface area contributed by atoms with Crippen LogP contribution < -0.4 is 5.14 Å². The fraction of sp³-hybridized carbons (Fsp3) is 0.500. The molecule has 1 rings (SSSR count). The monoisotopic (exact) mass is 196 g/mol. The van der Waals surface area contributed by atoms with E-state index in [2.05, 4.69) is 24.9 Å². The van der Waals surface area contributed by atoms with Crippen LogP contribution in [0, 0.1) is 5.92 Å². The van der Waals surface area contributed by atoms with Gasteiger partial charge in [0.2, 0.25) is 0 Å². The van der Waals surface area contributed by atoms with Crippen molar-refractivity contribution in [2.75, 3.05) is 0 Å². The van der Waals surface area contributed by atoms with E-state index in [1.54, 1.807) is 6.20 Å². The van der Waals surface area contributed by atoms with Crippen LogP contribution in [-0.4, -0.2) is 4.98 Å². The molecular formula is C10H16N2S. The van der Waals surface area contributed by atoms with Gasteiger partial charge >= 0.3 is 0 Å². The van der Waals surface area contributed by atoms with E-state index in [0.717, 1.165) is 17.2 Å². The maximum atomic E-state index is 5.45. The summed E-state index contributed by atoms with van der Waals surface area (Å²) < 4.78 is 0. The zero-order chi connectivity index (χ0) is 9.68. The lowest BCUT2D eigenvalue weighted by Gasteiger charge is -2.04. The molecule has 0 saturated heterocycles. The van der Waals surface area contributed by atoms with Crippen LogP contribution in [0.5, 0.6) is 0 Å². The molecule has 1 aromatic rings. The lowest BCUT2D eigenvalue weighted by Crippen LogP contribution is -1.93.